The molecule has 73 heavy (non-hydrogen) atoms. The first-order valence-electron chi connectivity index (χ1n) is 32.1. The second-order valence-corrected chi connectivity index (χ2v) is 21.7. The summed E-state index contributed by atoms with van der Waals surface area (Å²) in [4.78, 5) is 38.3. The van der Waals surface area contributed by atoms with Crippen molar-refractivity contribution in [2.75, 3.05) is 13.2 Å². The molecule has 6 heteroatoms. The van der Waals surface area contributed by atoms with Crippen molar-refractivity contribution in [1.82, 2.24) is 0 Å². The zero-order valence-electron chi connectivity index (χ0n) is 48.9. The van der Waals surface area contributed by atoms with Crippen LogP contribution in [0.4, 0.5) is 0 Å². The third-order valence-electron chi connectivity index (χ3n) is 14.3. The Hall–Kier alpha value is -2.63. The SMILES string of the molecule is CCCCC/C=C\C/C=C\CCCCCCCC(=O)OCC(COC(=O)CCCCCCCCCCCCCCCCCCCCCCCC)OC(=O)CCCCCCCCC/C=C\C/C=C\CCCCCC. The lowest BCUT2D eigenvalue weighted by molar-refractivity contribution is -0.167. The molecule has 0 aromatic rings. The molecular formula is C67H122O6. The molecule has 0 rings (SSSR count). The van der Waals surface area contributed by atoms with Crippen molar-refractivity contribution >= 4 is 17.9 Å². The number of carbonyl (C=O) groups is 3. The minimum Gasteiger partial charge on any atom is -0.462 e. The van der Waals surface area contributed by atoms with Gasteiger partial charge in [0.2, 0.25) is 0 Å². The van der Waals surface area contributed by atoms with Gasteiger partial charge in [0.15, 0.2) is 6.10 Å². The number of hydrogen-bond donors (Lipinski definition) is 0. The van der Waals surface area contributed by atoms with Crippen molar-refractivity contribution in [2.24, 2.45) is 0 Å². The highest BCUT2D eigenvalue weighted by atomic mass is 16.6. The fourth-order valence-electron chi connectivity index (χ4n) is 9.45. The molecule has 0 bridgehead atoms. The Balaban J connectivity index is 4.33. The summed E-state index contributed by atoms with van der Waals surface area (Å²) < 4.78 is 16.9. The average molecular weight is 1020 g/mol. The number of allylic oxidation sites excluding steroid dienone is 8. The molecule has 426 valence electrons. The fraction of sp³-hybridized carbons (Fsp3) is 0.836. The van der Waals surface area contributed by atoms with Crippen molar-refractivity contribution in [2.45, 2.75) is 348 Å². The van der Waals surface area contributed by atoms with E-state index in [1.165, 1.54) is 212 Å². The third kappa shape index (κ3) is 60.1. The topological polar surface area (TPSA) is 78.9 Å². The normalized spacial score (nSPS) is 12.3. The Labute approximate surface area is 454 Å². The van der Waals surface area contributed by atoms with Crippen molar-refractivity contribution < 1.29 is 28.6 Å². The van der Waals surface area contributed by atoms with Gasteiger partial charge in [-0.2, -0.15) is 0 Å². The molecule has 0 radical (unpaired) electrons. The van der Waals surface area contributed by atoms with Crippen LogP contribution in [0.1, 0.15) is 342 Å². The molecule has 0 aromatic carbocycles. The maximum absolute atomic E-state index is 12.9. The van der Waals surface area contributed by atoms with Crippen LogP contribution >= 0.6 is 0 Å². The Morgan fingerprint density at radius 2 is 0.493 bits per heavy atom. The second kappa shape index (κ2) is 61.9. The van der Waals surface area contributed by atoms with E-state index >= 15 is 0 Å². The lowest BCUT2D eigenvalue weighted by Crippen LogP contribution is -2.30. The highest BCUT2D eigenvalue weighted by Gasteiger charge is 2.19. The van der Waals surface area contributed by atoms with Crippen molar-refractivity contribution in [3.8, 4) is 0 Å². The molecule has 1 atom stereocenters. The molecule has 0 fully saturated rings. The number of rotatable bonds is 59. The van der Waals surface area contributed by atoms with Crippen molar-refractivity contribution in [3.05, 3.63) is 48.6 Å². The van der Waals surface area contributed by atoms with Crippen LogP contribution in [0.2, 0.25) is 0 Å². The molecule has 0 saturated carbocycles. The first kappa shape index (κ1) is 70.4. The molecular weight excluding hydrogens is 901 g/mol. The summed E-state index contributed by atoms with van der Waals surface area (Å²) in [6.07, 6.45) is 76.8. The Bertz CT molecular complexity index is 1270. The van der Waals surface area contributed by atoms with Gasteiger partial charge in [-0.05, 0) is 83.5 Å². The number of esters is 3. The molecule has 0 aromatic heterocycles. The number of unbranched alkanes of at least 4 members (excludes halogenated alkanes) is 40. The molecule has 0 saturated heterocycles. The maximum atomic E-state index is 12.9. The minimum atomic E-state index is -0.782. The zero-order chi connectivity index (χ0) is 52.9. The Kier molecular flexibility index (Phi) is 59.7. The van der Waals surface area contributed by atoms with Gasteiger partial charge in [-0.3, -0.25) is 14.4 Å². The molecule has 0 aliphatic rings. The predicted molar refractivity (Wildman–Crippen MR) is 316 cm³/mol. The van der Waals surface area contributed by atoms with Crippen LogP contribution < -0.4 is 0 Å². The van der Waals surface area contributed by atoms with Gasteiger partial charge in [0.05, 0.1) is 0 Å². The van der Waals surface area contributed by atoms with E-state index in [4.69, 9.17) is 14.2 Å². The standard InChI is InChI=1S/C67H122O6/c1-4-7-10-13-16-19-22-25-28-30-32-33-34-35-37-39-42-45-48-51-54-57-60-66(69)72-63-64(62-71-65(68)59-56-53-50-47-44-41-38-27-24-21-18-15-12-9-6-3)73-67(70)61-58-55-52-49-46-43-40-36-31-29-26-23-20-17-14-11-8-5-2/h18,20-21,23,27,29,31,38,64H,4-17,19,22,24-26,28,30,32-37,39-63H2,1-3H3/b21-18-,23-20-,31-29-,38-27-. The van der Waals surface area contributed by atoms with E-state index in [-0.39, 0.29) is 31.1 Å². The van der Waals surface area contributed by atoms with Gasteiger partial charge in [0, 0.05) is 19.3 Å². The number of ether oxygens (including phenoxy) is 3. The summed E-state index contributed by atoms with van der Waals surface area (Å²) in [6, 6.07) is 0. The van der Waals surface area contributed by atoms with E-state index in [0.717, 1.165) is 89.9 Å². The molecule has 0 aliphatic heterocycles. The highest BCUT2D eigenvalue weighted by molar-refractivity contribution is 5.71. The smallest absolute Gasteiger partial charge is 0.306 e. The minimum absolute atomic E-state index is 0.0775. The van der Waals surface area contributed by atoms with Gasteiger partial charge in [0.25, 0.3) is 0 Å². The van der Waals surface area contributed by atoms with Gasteiger partial charge in [-0.15, -0.1) is 0 Å². The third-order valence-corrected chi connectivity index (χ3v) is 14.3. The molecule has 0 amide bonds. The largest absolute Gasteiger partial charge is 0.462 e. The second-order valence-electron chi connectivity index (χ2n) is 21.7. The maximum Gasteiger partial charge on any atom is 0.306 e. The van der Waals surface area contributed by atoms with Gasteiger partial charge in [-0.1, -0.05) is 288 Å². The average Bonchev–Trinajstić information content (AvgIpc) is 3.39. The molecule has 6 nitrogen and oxygen atoms in total. The quantitative estimate of drug-likeness (QED) is 0.0261. The van der Waals surface area contributed by atoms with Crippen molar-refractivity contribution in [1.29, 1.82) is 0 Å². The molecule has 0 spiro atoms. The van der Waals surface area contributed by atoms with Crippen LogP contribution in [0.25, 0.3) is 0 Å². The lowest BCUT2D eigenvalue weighted by Gasteiger charge is -2.18. The summed E-state index contributed by atoms with van der Waals surface area (Å²) in [5, 5.41) is 0. The van der Waals surface area contributed by atoms with Crippen LogP contribution in [0.5, 0.6) is 0 Å². The van der Waals surface area contributed by atoms with E-state index in [2.05, 4.69) is 69.4 Å². The zero-order valence-corrected chi connectivity index (χ0v) is 48.9. The number of carbonyl (C=O) groups excluding carboxylic acids is 3. The summed E-state index contributed by atoms with van der Waals surface area (Å²) in [5.74, 6) is -0.879. The van der Waals surface area contributed by atoms with Gasteiger partial charge in [-0.25, -0.2) is 0 Å². The molecule has 1 unspecified atom stereocenters. The lowest BCUT2D eigenvalue weighted by atomic mass is 10.0. The Morgan fingerprint density at radius 1 is 0.274 bits per heavy atom. The van der Waals surface area contributed by atoms with Gasteiger partial charge < -0.3 is 14.2 Å². The van der Waals surface area contributed by atoms with Crippen LogP contribution in [0, 0.1) is 0 Å². The van der Waals surface area contributed by atoms with Gasteiger partial charge in [0.1, 0.15) is 13.2 Å². The summed E-state index contributed by atoms with van der Waals surface area (Å²) in [5.41, 5.74) is 0. The van der Waals surface area contributed by atoms with Crippen LogP contribution in [-0.4, -0.2) is 37.2 Å². The summed E-state index contributed by atoms with van der Waals surface area (Å²) in [7, 11) is 0. The predicted octanol–water partition coefficient (Wildman–Crippen LogP) is 21.8. The van der Waals surface area contributed by atoms with Gasteiger partial charge >= 0.3 is 17.9 Å². The Morgan fingerprint density at radius 3 is 0.795 bits per heavy atom. The van der Waals surface area contributed by atoms with E-state index in [1.54, 1.807) is 0 Å². The van der Waals surface area contributed by atoms with E-state index < -0.39 is 6.10 Å². The fourth-order valence-corrected chi connectivity index (χ4v) is 9.45. The number of hydrogen-bond acceptors (Lipinski definition) is 6. The highest BCUT2D eigenvalue weighted by Crippen LogP contribution is 2.17. The van der Waals surface area contributed by atoms with E-state index in [1.807, 2.05) is 0 Å². The van der Waals surface area contributed by atoms with Crippen molar-refractivity contribution in [3.63, 3.8) is 0 Å². The summed E-state index contributed by atoms with van der Waals surface area (Å²) >= 11 is 0. The van der Waals surface area contributed by atoms with E-state index in [0.29, 0.717) is 19.3 Å². The molecule has 0 heterocycles. The van der Waals surface area contributed by atoms with E-state index in [9.17, 15) is 14.4 Å². The monoisotopic (exact) mass is 1020 g/mol. The summed E-state index contributed by atoms with van der Waals surface area (Å²) in [6.45, 7) is 6.63. The molecule has 0 aliphatic carbocycles. The van der Waals surface area contributed by atoms with Crippen LogP contribution in [0.15, 0.2) is 48.6 Å². The molecule has 0 N–H and O–H groups in total. The first-order chi connectivity index (χ1) is 36.0. The first-order valence-corrected chi connectivity index (χ1v) is 32.1. The van der Waals surface area contributed by atoms with Crippen LogP contribution in [-0.2, 0) is 28.6 Å². The van der Waals surface area contributed by atoms with Crippen LogP contribution in [0.3, 0.4) is 0 Å².